The van der Waals surface area contributed by atoms with Crippen molar-refractivity contribution >= 4 is 5.96 Å². The lowest BCUT2D eigenvalue weighted by molar-refractivity contribution is 0.0174. The molecule has 1 aliphatic carbocycles. The molecule has 22 heavy (non-hydrogen) atoms. The first kappa shape index (κ1) is 16.1. The van der Waals surface area contributed by atoms with E-state index in [4.69, 9.17) is 4.99 Å². The Kier molecular flexibility index (Phi) is 5.58. The summed E-state index contributed by atoms with van der Waals surface area (Å²) >= 11 is 0. The van der Waals surface area contributed by atoms with Gasteiger partial charge in [0.2, 0.25) is 0 Å². The zero-order chi connectivity index (χ0) is 15.4. The standard InChI is InChI=1S/C17H33N5/c1-3-18-17(20-15-6-4-14(2)5-7-15)19-12-16-13-21-8-10-22(16)11-9-21/h14-16H,3-13H2,1-2H3,(H2,18,19,20). The summed E-state index contributed by atoms with van der Waals surface area (Å²) in [6, 6.07) is 1.23. The molecule has 4 rings (SSSR count). The van der Waals surface area contributed by atoms with Gasteiger partial charge in [-0.3, -0.25) is 14.8 Å². The molecular weight excluding hydrogens is 274 g/mol. The first-order valence-corrected chi connectivity index (χ1v) is 9.26. The molecule has 1 unspecified atom stereocenters. The van der Waals surface area contributed by atoms with Gasteiger partial charge in [-0.05, 0) is 38.5 Å². The Labute approximate surface area is 135 Å². The molecule has 4 aliphatic rings. The number of piperazine rings is 3. The van der Waals surface area contributed by atoms with Crippen molar-refractivity contribution in [2.24, 2.45) is 10.9 Å². The average molecular weight is 307 g/mol. The molecular formula is C17H33N5. The van der Waals surface area contributed by atoms with Crippen LogP contribution in [0.25, 0.3) is 0 Å². The van der Waals surface area contributed by atoms with E-state index in [0.29, 0.717) is 12.1 Å². The normalized spacial score (nSPS) is 38.8. The number of hydrogen-bond acceptors (Lipinski definition) is 3. The fourth-order valence-electron chi connectivity index (χ4n) is 4.01. The van der Waals surface area contributed by atoms with E-state index in [1.807, 2.05) is 0 Å². The lowest BCUT2D eigenvalue weighted by atomic mass is 9.87. The Morgan fingerprint density at radius 2 is 1.82 bits per heavy atom. The van der Waals surface area contributed by atoms with Crippen molar-refractivity contribution in [2.75, 3.05) is 45.8 Å². The highest BCUT2D eigenvalue weighted by Gasteiger charge is 2.31. The van der Waals surface area contributed by atoms with Crippen LogP contribution < -0.4 is 10.6 Å². The van der Waals surface area contributed by atoms with Gasteiger partial charge in [-0.2, -0.15) is 0 Å². The van der Waals surface area contributed by atoms with Gasteiger partial charge in [-0.25, -0.2) is 0 Å². The first-order valence-electron chi connectivity index (χ1n) is 9.26. The van der Waals surface area contributed by atoms with Gasteiger partial charge in [-0.15, -0.1) is 0 Å². The zero-order valence-corrected chi connectivity index (χ0v) is 14.4. The van der Waals surface area contributed by atoms with Crippen molar-refractivity contribution < 1.29 is 0 Å². The molecule has 126 valence electrons. The fourth-order valence-corrected chi connectivity index (χ4v) is 4.01. The van der Waals surface area contributed by atoms with Crippen molar-refractivity contribution in [1.29, 1.82) is 0 Å². The Hall–Kier alpha value is -0.810. The number of rotatable bonds is 4. The third kappa shape index (κ3) is 4.13. The van der Waals surface area contributed by atoms with Crippen molar-refractivity contribution in [3.8, 4) is 0 Å². The minimum atomic E-state index is 0.612. The van der Waals surface area contributed by atoms with Crippen molar-refractivity contribution in [3.63, 3.8) is 0 Å². The highest BCUT2D eigenvalue weighted by molar-refractivity contribution is 5.80. The monoisotopic (exact) mass is 307 g/mol. The number of aliphatic imine (C=N–C) groups is 1. The summed E-state index contributed by atoms with van der Waals surface area (Å²) in [6.45, 7) is 12.5. The summed E-state index contributed by atoms with van der Waals surface area (Å²) in [6.07, 6.45) is 5.27. The Morgan fingerprint density at radius 3 is 2.41 bits per heavy atom. The van der Waals surface area contributed by atoms with Gasteiger partial charge < -0.3 is 10.6 Å². The summed E-state index contributed by atoms with van der Waals surface area (Å²) < 4.78 is 0. The lowest BCUT2D eigenvalue weighted by Crippen LogP contribution is -2.62. The van der Waals surface area contributed by atoms with Crippen LogP contribution in [-0.2, 0) is 0 Å². The van der Waals surface area contributed by atoms with Crippen LogP contribution in [0, 0.1) is 5.92 Å². The minimum Gasteiger partial charge on any atom is -0.357 e. The SMILES string of the molecule is CCNC(=NCC1CN2CCN1CC2)NC1CCC(C)CC1. The molecule has 0 amide bonds. The molecule has 2 N–H and O–H groups in total. The highest BCUT2D eigenvalue weighted by Crippen LogP contribution is 2.23. The number of hydrogen-bond donors (Lipinski definition) is 2. The quantitative estimate of drug-likeness (QED) is 0.603. The number of guanidine groups is 1. The Morgan fingerprint density at radius 1 is 1.09 bits per heavy atom. The molecule has 3 aliphatic heterocycles. The van der Waals surface area contributed by atoms with Crippen LogP contribution in [0.5, 0.6) is 0 Å². The maximum atomic E-state index is 4.90. The largest absolute Gasteiger partial charge is 0.357 e. The second-order valence-electron chi connectivity index (χ2n) is 7.31. The third-order valence-electron chi connectivity index (χ3n) is 5.55. The van der Waals surface area contributed by atoms with Crippen molar-refractivity contribution in [2.45, 2.75) is 51.6 Å². The molecule has 4 fully saturated rings. The number of nitrogens with zero attached hydrogens (tertiary/aromatic N) is 3. The summed E-state index contributed by atoms with van der Waals surface area (Å²) in [5.74, 6) is 1.93. The van der Waals surface area contributed by atoms with E-state index in [9.17, 15) is 0 Å². The van der Waals surface area contributed by atoms with Crippen LogP contribution in [0.1, 0.15) is 39.5 Å². The fraction of sp³-hybridized carbons (Fsp3) is 0.941. The Bertz CT molecular complexity index is 367. The average Bonchev–Trinajstić information content (AvgIpc) is 2.56. The van der Waals surface area contributed by atoms with Gasteiger partial charge in [0.1, 0.15) is 0 Å². The summed E-state index contributed by atoms with van der Waals surface area (Å²) in [4.78, 5) is 10.1. The lowest BCUT2D eigenvalue weighted by Gasteiger charge is -2.47. The molecule has 0 aromatic heterocycles. The molecule has 1 saturated carbocycles. The molecule has 3 saturated heterocycles. The maximum Gasteiger partial charge on any atom is 0.191 e. The molecule has 0 aromatic rings. The maximum absolute atomic E-state index is 4.90. The molecule has 2 bridgehead atoms. The molecule has 1 atom stereocenters. The molecule has 0 aromatic carbocycles. The third-order valence-corrected chi connectivity index (χ3v) is 5.55. The summed E-state index contributed by atoms with van der Waals surface area (Å²) in [5, 5.41) is 7.10. The Balaban J connectivity index is 1.51. The van der Waals surface area contributed by atoms with E-state index >= 15 is 0 Å². The van der Waals surface area contributed by atoms with Crippen LogP contribution in [0.4, 0.5) is 0 Å². The highest BCUT2D eigenvalue weighted by atomic mass is 15.3. The van der Waals surface area contributed by atoms with E-state index in [1.165, 1.54) is 58.4 Å². The van der Waals surface area contributed by atoms with Crippen LogP contribution in [0.3, 0.4) is 0 Å². The van der Waals surface area contributed by atoms with E-state index in [2.05, 4.69) is 34.3 Å². The summed E-state index contributed by atoms with van der Waals surface area (Å²) in [7, 11) is 0. The van der Waals surface area contributed by atoms with Crippen LogP contribution >= 0.6 is 0 Å². The zero-order valence-electron chi connectivity index (χ0n) is 14.4. The van der Waals surface area contributed by atoms with Crippen LogP contribution in [0.2, 0.25) is 0 Å². The minimum absolute atomic E-state index is 0.612. The van der Waals surface area contributed by atoms with E-state index in [-0.39, 0.29) is 0 Å². The second-order valence-corrected chi connectivity index (χ2v) is 7.31. The van der Waals surface area contributed by atoms with Crippen molar-refractivity contribution in [3.05, 3.63) is 0 Å². The van der Waals surface area contributed by atoms with Gasteiger partial charge in [-0.1, -0.05) is 6.92 Å². The molecule has 0 radical (unpaired) electrons. The van der Waals surface area contributed by atoms with E-state index in [1.54, 1.807) is 0 Å². The first-order chi connectivity index (χ1) is 10.7. The van der Waals surface area contributed by atoms with Gasteiger partial charge in [0.25, 0.3) is 0 Å². The second kappa shape index (κ2) is 7.64. The number of fused-ring (bicyclic) bond motifs is 3. The van der Waals surface area contributed by atoms with Gasteiger partial charge >= 0.3 is 0 Å². The molecule has 5 heteroatoms. The molecule has 3 heterocycles. The van der Waals surface area contributed by atoms with E-state index in [0.717, 1.165) is 25.0 Å². The van der Waals surface area contributed by atoms with Crippen LogP contribution in [-0.4, -0.2) is 73.7 Å². The van der Waals surface area contributed by atoms with Crippen LogP contribution in [0.15, 0.2) is 4.99 Å². The predicted octanol–water partition coefficient (Wildman–Crippen LogP) is 1.12. The van der Waals surface area contributed by atoms with Gasteiger partial charge in [0.05, 0.1) is 6.54 Å². The van der Waals surface area contributed by atoms with Gasteiger partial charge in [0.15, 0.2) is 5.96 Å². The smallest absolute Gasteiger partial charge is 0.191 e. The number of nitrogens with one attached hydrogen (secondary N) is 2. The molecule has 5 nitrogen and oxygen atoms in total. The summed E-state index contributed by atoms with van der Waals surface area (Å²) in [5.41, 5.74) is 0. The topological polar surface area (TPSA) is 42.9 Å². The predicted molar refractivity (Wildman–Crippen MR) is 92.3 cm³/mol. The van der Waals surface area contributed by atoms with Crippen molar-refractivity contribution in [1.82, 2.24) is 20.4 Å². The van der Waals surface area contributed by atoms with Gasteiger partial charge in [0, 0.05) is 51.4 Å². The molecule has 0 spiro atoms. The van der Waals surface area contributed by atoms with E-state index < -0.39 is 0 Å².